The molecule has 0 fully saturated rings. The van der Waals surface area contributed by atoms with Crippen LogP contribution in [0.3, 0.4) is 0 Å². The minimum Gasteiger partial charge on any atom is -0.308 e. The van der Waals surface area contributed by atoms with Gasteiger partial charge >= 0.3 is 6.03 Å². The van der Waals surface area contributed by atoms with Gasteiger partial charge in [-0.25, -0.2) is 4.79 Å². The average Bonchev–Trinajstić information content (AvgIpc) is 2.37. The lowest BCUT2D eigenvalue weighted by molar-refractivity contribution is 0.262. The second-order valence-corrected chi connectivity index (χ2v) is 4.77. The molecule has 0 atom stereocenters. The number of urea groups is 1. The van der Waals surface area contributed by atoms with E-state index >= 15 is 0 Å². The third kappa shape index (κ3) is 3.48. The summed E-state index contributed by atoms with van der Waals surface area (Å²) in [4.78, 5) is 11.9. The van der Waals surface area contributed by atoms with E-state index in [0.29, 0.717) is 10.7 Å². The molecule has 2 amide bonds. The summed E-state index contributed by atoms with van der Waals surface area (Å²) >= 11 is 6.01. The maximum Gasteiger partial charge on any atom is 0.323 e. The number of anilines is 2. The second kappa shape index (κ2) is 5.76. The number of carbonyl (C=O) groups is 1. The Morgan fingerprint density at radius 2 is 1.74 bits per heavy atom. The number of nitrogens with one attached hydrogen (secondary N) is 2. The van der Waals surface area contributed by atoms with Crippen LogP contribution in [0.15, 0.2) is 42.5 Å². The number of amides is 2. The SMILES string of the molecule is Cc1ccc(NC(=O)Nc2ccccc2C)cc1Cl. The van der Waals surface area contributed by atoms with Crippen molar-refractivity contribution in [2.75, 3.05) is 10.6 Å². The highest BCUT2D eigenvalue weighted by Gasteiger charge is 2.05. The van der Waals surface area contributed by atoms with Crippen LogP contribution in [0.2, 0.25) is 5.02 Å². The normalized spacial score (nSPS) is 10.1. The van der Waals surface area contributed by atoms with E-state index in [0.717, 1.165) is 16.8 Å². The number of aryl methyl sites for hydroxylation is 2. The summed E-state index contributed by atoms with van der Waals surface area (Å²) in [6.07, 6.45) is 0. The van der Waals surface area contributed by atoms with E-state index in [1.54, 1.807) is 6.07 Å². The van der Waals surface area contributed by atoms with Gasteiger partial charge in [0.15, 0.2) is 0 Å². The van der Waals surface area contributed by atoms with E-state index in [9.17, 15) is 4.79 Å². The Bertz CT molecular complexity index is 611. The number of hydrogen-bond donors (Lipinski definition) is 2. The lowest BCUT2D eigenvalue weighted by Gasteiger charge is -2.10. The molecule has 98 valence electrons. The highest BCUT2D eigenvalue weighted by Crippen LogP contribution is 2.20. The number of carbonyl (C=O) groups excluding carboxylic acids is 1. The van der Waals surface area contributed by atoms with Crippen LogP contribution in [0.1, 0.15) is 11.1 Å². The quantitative estimate of drug-likeness (QED) is 0.825. The van der Waals surface area contributed by atoms with Crippen LogP contribution < -0.4 is 10.6 Å². The zero-order valence-corrected chi connectivity index (χ0v) is 11.6. The highest BCUT2D eigenvalue weighted by atomic mass is 35.5. The standard InChI is InChI=1S/C15H15ClN2O/c1-10-7-8-12(9-13(10)16)17-15(19)18-14-6-4-3-5-11(14)2/h3-9H,1-2H3,(H2,17,18,19). The van der Waals surface area contributed by atoms with Crippen LogP contribution in [-0.4, -0.2) is 6.03 Å². The minimum absolute atomic E-state index is 0.283. The molecule has 0 heterocycles. The third-order valence-corrected chi connectivity index (χ3v) is 3.23. The Morgan fingerprint density at radius 1 is 1.00 bits per heavy atom. The van der Waals surface area contributed by atoms with Crippen molar-refractivity contribution in [2.24, 2.45) is 0 Å². The smallest absolute Gasteiger partial charge is 0.308 e. The Morgan fingerprint density at radius 3 is 2.42 bits per heavy atom. The van der Waals surface area contributed by atoms with Gasteiger partial charge in [0.25, 0.3) is 0 Å². The maximum absolute atomic E-state index is 11.9. The number of hydrogen-bond acceptors (Lipinski definition) is 1. The second-order valence-electron chi connectivity index (χ2n) is 4.36. The molecule has 3 nitrogen and oxygen atoms in total. The van der Waals surface area contributed by atoms with Crippen molar-refractivity contribution < 1.29 is 4.79 Å². The van der Waals surface area contributed by atoms with Crippen LogP contribution in [-0.2, 0) is 0 Å². The fourth-order valence-corrected chi connectivity index (χ4v) is 1.85. The first-order chi connectivity index (χ1) is 9.06. The first-order valence-corrected chi connectivity index (χ1v) is 6.34. The number of rotatable bonds is 2. The third-order valence-electron chi connectivity index (χ3n) is 2.82. The minimum atomic E-state index is -0.283. The molecule has 0 bridgehead atoms. The van der Waals surface area contributed by atoms with Gasteiger partial charge in [0.1, 0.15) is 0 Å². The molecule has 2 rings (SSSR count). The van der Waals surface area contributed by atoms with Crippen molar-refractivity contribution in [2.45, 2.75) is 13.8 Å². The molecule has 19 heavy (non-hydrogen) atoms. The molecule has 0 aliphatic rings. The van der Waals surface area contributed by atoms with Gasteiger partial charge in [-0.15, -0.1) is 0 Å². The molecule has 2 N–H and O–H groups in total. The zero-order valence-electron chi connectivity index (χ0n) is 10.8. The summed E-state index contributed by atoms with van der Waals surface area (Å²) in [6, 6.07) is 12.7. The first-order valence-electron chi connectivity index (χ1n) is 5.96. The highest BCUT2D eigenvalue weighted by molar-refractivity contribution is 6.31. The van der Waals surface area contributed by atoms with Crippen LogP contribution in [0.4, 0.5) is 16.2 Å². The van der Waals surface area contributed by atoms with E-state index in [2.05, 4.69) is 10.6 Å². The molecular weight excluding hydrogens is 260 g/mol. The van der Waals surface area contributed by atoms with Crippen LogP contribution >= 0.6 is 11.6 Å². The molecule has 0 saturated carbocycles. The Balaban J connectivity index is 2.05. The molecule has 0 spiro atoms. The number of para-hydroxylation sites is 1. The van der Waals surface area contributed by atoms with E-state index in [4.69, 9.17) is 11.6 Å². The maximum atomic E-state index is 11.9. The molecule has 2 aromatic carbocycles. The van der Waals surface area contributed by atoms with Gasteiger partial charge in [0, 0.05) is 16.4 Å². The van der Waals surface area contributed by atoms with E-state index in [1.165, 1.54) is 0 Å². The van der Waals surface area contributed by atoms with Gasteiger partial charge in [-0.3, -0.25) is 0 Å². The molecule has 0 saturated heterocycles. The van der Waals surface area contributed by atoms with Gasteiger partial charge in [-0.1, -0.05) is 35.9 Å². The van der Waals surface area contributed by atoms with Crippen LogP contribution in [0, 0.1) is 13.8 Å². The number of halogens is 1. The average molecular weight is 275 g/mol. The summed E-state index contributed by atoms with van der Waals surface area (Å²) in [7, 11) is 0. The van der Waals surface area contributed by atoms with Crippen molar-refractivity contribution in [3.8, 4) is 0 Å². The lowest BCUT2D eigenvalue weighted by Crippen LogP contribution is -2.19. The molecule has 0 aromatic heterocycles. The zero-order chi connectivity index (χ0) is 13.8. The summed E-state index contributed by atoms with van der Waals surface area (Å²) in [5, 5.41) is 6.18. The van der Waals surface area contributed by atoms with Gasteiger partial charge < -0.3 is 10.6 Å². The van der Waals surface area contributed by atoms with Gasteiger partial charge in [-0.2, -0.15) is 0 Å². The molecule has 0 aliphatic heterocycles. The molecule has 0 aliphatic carbocycles. The Labute approximate surface area is 117 Å². The van der Waals surface area contributed by atoms with Gasteiger partial charge in [0.05, 0.1) is 0 Å². The predicted molar refractivity (Wildman–Crippen MR) is 80.0 cm³/mol. The monoisotopic (exact) mass is 274 g/mol. The molecule has 4 heteroatoms. The summed E-state index contributed by atoms with van der Waals surface area (Å²) in [6.45, 7) is 3.86. The van der Waals surface area contributed by atoms with Crippen molar-refractivity contribution in [1.82, 2.24) is 0 Å². The lowest BCUT2D eigenvalue weighted by atomic mass is 10.2. The number of benzene rings is 2. The Hall–Kier alpha value is -2.00. The van der Waals surface area contributed by atoms with E-state index < -0.39 is 0 Å². The van der Waals surface area contributed by atoms with E-state index in [1.807, 2.05) is 50.2 Å². The van der Waals surface area contributed by atoms with Crippen LogP contribution in [0.25, 0.3) is 0 Å². The van der Waals surface area contributed by atoms with Crippen molar-refractivity contribution in [3.05, 3.63) is 58.6 Å². The van der Waals surface area contributed by atoms with Gasteiger partial charge in [0.2, 0.25) is 0 Å². The molecule has 0 unspecified atom stereocenters. The fraction of sp³-hybridized carbons (Fsp3) is 0.133. The summed E-state index contributed by atoms with van der Waals surface area (Å²) in [5.74, 6) is 0. The predicted octanol–water partition coefficient (Wildman–Crippen LogP) is 4.60. The molecule has 2 aromatic rings. The molecule has 0 radical (unpaired) electrons. The summed E-state index contributed by atoms with van der Waals surface area (Å²) in [5.41, 5.74) is 3.45. The first kappa shape index (κ1) is 13.4. The van der Waals surface area contributed by atoms with Crippen molar-refractivity contribution in [3.63, 3.8) is 0 Å². The molecular formula is C15H15ClN2O. The fourth-order valence-electron chi connectivity index (χ4n) is 1.67. The van der Waals surface area contributed by atoms with E-state index in [-0.39, 0.29) is 6.03 Å². The summed E-state index contributed by atoms with van der Waals surface area (Å²) < 4.78 is 0. The van der Waals surface area contributed by atoms with Crippen LogP contribution in [0.5, 0.6) is 0 Å². The van der Waals surface area contributed by atoms with Gasteiger partial charge in [-0.05, 0) is 43.2 Å². The van der Waals surface area contributed by atoms with Crippen molar-refractivity contribution in [1.29, 1.82) is 0 Å². The Kier molecular flexibility index (Phi) is 4.07. The van der Waals surface area contributed by atoms with Crippen molar-refractivity contribution >= 4 is 29.0 Å². The largest absolute Gasteiger partial charge is 0.323 e. The topological polar surface area (TPSA) is 41.1 Å².